The van der Waals surface area contributed by atoms with Crippen molar-refractivity contribution in [2.45, 2.75) is 53.0 Å². The Morgan fingerprint density at radius 1 is 1.31 bits per heavy atom. The third-order valence-corrected chi connectivity index (χ3v) is 2.07. The van der Waals surface area contributed by atoms with Crippen LogP contribution < -0.4 is 5.32 Å². The largest absolute Gasteiger partial charge is 0.312 e. The molecule has 0 fully saturated rings. The van der Waals surface area contributed by atoms with Crippen LogP contribution in [0.1, 0.15) is 47.5 Å². The first-order valence-electron chi connectivity index (χ1n) is 5.37. The zero-order chi connectivity index (χ0) is 10.3. The molecule has 0 aromatic rings. The second kappa shape index (κ2) is 6.20. The molecular weight excluding hydrogens is 158 g/mol. The fraction of sp³-hybridized carbons (Fsp3) is 0.833. The number of hydrogen-bond acceptors (Lipinski definition) is 1. The quantitative estimate of drug-likeness (QED) is 0.509. The maximum Gasteiger partial charge on any atom is 0.00966 e. The fourth-order valence-electron chi connectivity index (χ4n) is 0.995. The molecule has 1 unspecified atom stereocenters. The van der Waals surface area contributed by atoms with E-state index in [1.807, 2.05) is 0 Å². The van der Waals surface area contributed by atoms with Crippen LogP contribution in [0.25, 0.3) is 0 Å². The molecule has 0 aliphatic carbocycles. The zero-order valence-corrected chi connectivity index (χ0v) is 9.85. The van der Waals surface area contributed by atoms with Crippen LogP contribution in [0.2, 0.25) is 0 Å². The molecule has 0 bridgehead atoms. The standard InChI is InChI=1S/C12H25N/c1-6-11(2)9-7-8-10-13-12(3,4)5/h7,9,11,13H,6,8,10H2,1-5H3/b9-7+. The van der Waals surface area contributed by atoms with Gasteiger partial charge in [-0.3, -0.25) is 0 Å². The highest BCUT2D eigenvalue weighted by Gasteiger charge is 2.06. The highest BCUT2D eigenvalue weighted by Crippen LogP contribution is 2.03. The van der Waals surface area contributed by atoms with E-state index in [4.69, 9.17) is 0 Å². The molecule has 0 aliphatic rings. The number of nitrogens with one attached hydrogen (secondary N) is 1. The lowest BCUT2D eigenvalue weighted by atomic mass is 10.1. The molecule has 1 nitrogen and oxygen atoms in total. The number of allylic oxidation sites excluding steroid dienone is 1. The van der Waals surface area contributed by atoms with Crippen LogP contribution in [0.3, 0.4) is 0 Å². The average molecular weight is 183 g/mol. The van der Waals surface area contributed by atoms with Gasteiger partial charge in [-0.15, -0.1) is 0 Å². The van der Waals surface area contributed by atoms with Gasteiger partial charge in [0.15, 0.2) is 0 Å². The second-order valence-electron chi connectivity index (χ2n) is 4.78. The number of rotatable bonds is 5. The van der Waals surface area contributed by atoms with Crippen molar-refractivity contribution in [2.24, 2.45) is 5.92 Å². The van der Waals surface area contributed by atoms with Crippen LogP contribution in [-0.4, -0.2) is 12.1 Å². The van der Waals surface area contributed by atoms with Crippen molar-refractivity contribution in [1.82, 2.24) is 5.32 Å². The monoisotopic (exact) mass is 183 g/mol. The Labute approximate surface area is 83.6 Å². The van der Waals surface area contributed by atoms with E-state index in [0.717, 1.165) is 18.9 Å². The summed E-state index contributed by atoms with van der Waals surface area (Å²) >= 11 is 0. The Bertz CT molecular complexity index is 142. The predicted molar refractivity (Wildman–Crippen MR) is 61.0 cm³/mol. The van der Waals surface area contributed by atoms with Crippen LogP contribution in [0.5, 0.6) is 0 Å². The summed E-state index contributed by atoms with van der Waals surface area (Å²) in [5.41, 5.74) is 0.254. The van der Waals surface area contributed by atoms with Crippen LogP contribution in [0.15, 0.2) is 12.2 Å². The van der Waals surface area contributed by atoms with E-state index < -0.39 is 0 Å². The summed E-state index contributed by atoms with van der Waals surface area (Å²) in [6, 6.07) is 0. The summed E-state index contributed by atoms with van der Waals surface area (Å²) in [6.07, 6.45) is 6.97. The summed E-state index contributed by atoms with van der Waals surface area (Å²) in [5.74, 6) is 0.731. The van der Waals surface area contributed by atoms with E-state index in [9.17, 15) is 0 Å². The molecule has 0 spiro atoms. The molecule has 1 atom stereocenters. The lowest BCUT2D eigenvalue weighted by molar-refractivity contribution is 0.431. The minimum absolute atomic E-state index is 0.254. The molecule has 1 heteroatoms. The zero-order valence-electron chi connectivity index (χ0n) is 9.85. The third kappa shape index (κ3) is 9.62. The average Bonchev–Trinajstić information content (AvgIpc) is 2.01. The fourth-order valence-corrected chi connectivity index (χ4v) is 0.995. The minimum atomic E-state index is 0.254. The first-order valence-corrected chi connectivity index (χ1v) is 5.37. The molecule has 0 radical (unpaired) electrons. The molecule has 0 aromatic heterocycles. The predicted octanol–water partition coefficient (Wildman–Crippen LogP) is 3.37. The molecule has 0 heterocycles. The topological polar surface area (TPSA) is 12.0 Å². The van der Waals surface area contributed by atoms with E-state index in [1.165, 1.54) is 6.42 Å². The van der Waals surface area contributed by atoms with Crippen molar-refractivity contribution in [3.63, 3.8) is 0 Å². The van der Waals surface area contributed by atoms with Crippen LogP contribution in [0, 0.1) is 5.92 Å². The molecule has 0 rings (SSSR count). The van der Waals surface area contributed by atoms with Crippen molar-refractivity contribution < 1.29 is 0 Å². The van der Waals surface area contributed by atoms with Crippen LogP contribution >= 0.6 is 0 Å². The molecule has 0 saturated heterocycles. The molecule has 13 heavy (non-hydrogen) atoms. The van der Waals surface area contributed by atoms with Gasteiger partial charge in [0.05, 0.1) is 0 Å². The van der Waals surface area contributed by atoms with Gasteiger partial charge in [0.2, 0.25) is 0 Å². The first kappa shape index (κ1) is 12.7. The molecule has 0 aromatic carbocycles. The van der Waals surface area contributed by atoms with Crippen molar-refractivity contribution in [3.05, 3.63) is 12.2 Å². The van der Waals surface area contributed by atoms with Gasteiger partial charge in [-0.2, -0.15) is 0 Å². The van der Waals surface area contributed by atoms with Gasteiger partial charge in [0, 0.05) is 5.54 Å². The van der Waals surface area contributed by atoms with E-state index in [2.05, 4.69) is 52.1 Å². The molecule has 1 N–H and O–H groups in total. The van der Waals surface area contributed by atoms with Gasteiger partial charge in [0.1, 0.15) is 0 Å². The van der Waals surface area contributed by atoms with E-state index >= 15 is 0 Å². The third-order valence-electron chi connectivity index (χ3n) is 2.07. The van der Waals surface area contributed by atoms with Crippen molar-refractivity contribution in [3.8, 4) is 0 Å². The maximum atomic E-state index is 3.46. The highest BCUT2D eigenvalue weighted by atomic mass is 14.9. The Balaban J connectivity index is 3.41. The Morgan fingerprint density at radius 3 is 2.38 bits per heavy atom. The molecule has 0 aliphatic heterocycles. The van der Waals surface area contributed by atoms with Crippen molar-refractivity contribution in [1.29, 1.82) is 0 Å². The van der Waals surface area contributed by atoms with E-state index in [-0.39, 0.29) is 5.54 Å². The number of hydrogen-bond donors (Lipinski definition) is 1. The highest BCUT2D eigenvalue weighted by molar-refractivity contribution is 4.86. The SMILES string of the molecule is CCC(C)/C=C/CCNC(C)(C)C. The summed E-state index contributed by atoms with van der Waals surface area (Å²) in [6.45, 7) is 12.2. The molecule has 0 amide bonds. The van der Waals surface area contributed by atoms with Crippen LogP contribution in [-0.2, 0) is 0 Å². The van der Waals surface area contributed by atoms with Gasteiger partial charge in [0.25, 0.3) is 0 Å². The second-order valence-corrected chi connectivity index (χ2v) is 4.78. The van der Waals surface area contributed by atoms with E-state index in [0.29, 0.717) is 0 Å². The van der Waals surface area contributed by atoms with Gasteiger partial charge in [-0.25, -0.2) is 0 Å². The van der Waals surface area contributed by atoms with Gasteiger partial charge in [-0.1, -0.05) is 32.4 Å². The summed E-state index contributed by atoms with van der Waals surface area (Å²) in [4.78, 5) is 0. The normalized spacial score (nSPS) is 15.2. The van der Waals surface area contributed by atoms with Gasteiger partial charge in [-0.05, 0) is 39.7 Å². The maximum absolute atomic E-state index is 3.46. The minimum Gasteiger partial charge on any atom is -0.312 e. The van der Waals surface area contributed by atoms with Crippen molar-refractivity contribution in [2.75, 3.05) is 6.54 Å². The van der Waals surface area contributed by atoms with Crippen LogP contribution in [0.4, 0.5) is 0 Å². The van der Waals surface area contributed by atoms with Crippen molar-refractivity contribution >= 4 is 0 Å². The summed E-state index contributed by atoms with van der Waals surface area (Å²) in [5, 5.41) is 3.46. The summed E-state index contributed by atoms with van der Waals surface area (Å²) < 4.78 is 0. The first-order chi connectivity index (χ1) is 5.95. The Morgan fingerprint density at radius 2 is 1.92 bits per heavy atom. The smallest absolute Gasteiger partial charge is 0.00966 e. The Hall–Kier alpha value is -0.300. The molecular formula is C12H25N. The molecule has 78 valence electrons. The Kier molecular flexibility index (Phi) is 6.06. The van der Waals surface area contributed by atoms with E-state index in [1.54, 1.807) is 0 Å². The lowest BCUT2D eigenvalue weighted by Crippen LogP contribution is -2.36. The summed E-state index contributed by atoms with van der Waals surface area (Å²) in [7, 11) is 0. The lowest BCUT2D eigenvalue weighted by Gasteiger charge is -2.19. The van der Waals surface area contributed by atoms with Gasteiger partial charge < -0.3 is 5.32 Å². The van der Waals surface area contributed by atoms with Gasteiger partial charge >= 0.3 is 0 Å². The molecule has 0 saturated carbocycles.